The Morgan fingerprint density at radius 3 is 1.73 bits per heavy atom. The van der Waals surface area contributed by atoms with Gasteiger partial charge >= 0.3 is 0 Å². The zero-order valence-corrected chi connectivity index (χ0v) is 8.30. The number of hydrogen-bond acceptors (Lipinski definition) is 1. The largest absolute Gasteiger partial charge is 0.300 e. The molecule has 2 aliphatic heterocycles. The van der Waals surface area contributed by atoms with Gasteiger partial charge in [-0.2, -0.15) is 0 Å². The normalized spacial score (nSPS) is 42.0. The average Bonchev–Trinajstić information content (AvgIpc) is 2.07. The molecule has 2 heterocycles. The van der Waals surface area contributed by atoms with Gasteiger partial charge in [-0.05, 0) is 32.2 Å². The van der Waals surface area contributed by atoms with E-state index in [1.165, 1.54) is 19.3 Å². The van der Waals surface area contributed by atoms with E-state index < -0.39 is 0 Å². The molecule has 0 aromatic rings. The van der Waals surface area contributed by atoms with Gasteiger partial charge in [-0.15, -0.1) is 0 Å². The number of fused-ring (bicyclic) bond motifs is 2. The fraction of sp³-hybridized carbons (Fsp3) is 1.00. The molecule has 2 saturated heterocycles. The van der Waals surface area contributed by atoms with E-state index in [1.807, 2.05) is 13.8 Å². The van der Waals surface area contributed by atoms with Crippen LogP contribution in [0, 0.1) is 5.92 Å². The molecule has 66 valence electrons. The second-order valence-corrected chi connectivity index (χ2v) is 3.79. The predicted molar refractivity (Wildman–Crippen MR) is 49.7 cm³/mol. The van der Waals surface area contributed by atoms with Crippen LogP contribution in [0.5, 0.6) is 0 Å². The smallest absolute Gasteiger partial charge is 0.0113 e. The molecular formula is C10H21N. The third-order valence-corrected chi connectivity index (χ3v) is 3.04. The number of rotatable bonds is 0. The molecule has 0 aromatic heterocycles. The van der Waals surface area contributed by atoms with Crippen LogP contribution in [0.4, 0.5) is 0 Å². The Morgan fingerprint density at radius 2 is 1.45 bits per heavy atom. The third kappa shape index (κ3) is 1.58. The first-order valence-electron chi connectivity index (χ1n) is 4.99. The minimum absolute atomic E-state index is 0.957. The zero-order valence-electron chi connectivity index (χ0n) is 8.30. The summed E-state index contributed by atoms with van der Waals surface area (Å²) in [5.41, 5.74) is 0. The van der Waals surface area contributed by atoms with Crippen molar-refractivity contribution < 1.29 is 0 Å². The Bertz CT molecular complexity index is 110. The van der Waals surface area contributed by atoms with Crippen LogP contribution in [0.25, 0.3) is 0 Å². The Balaban J connectivity index is 0.000000281. The van der Waals surface area contributed by atoms with Crippen LogP contribution in [0.15, 0.2) is 0 Å². The standard InChI is InChI=1S/C8H15N.C2H6/c1-6-3-7-5-8(4-6)9(7)2;1-2/h6-8H,3-5H2,1-2H3;1-2H3/t6?,7-,8?;/m1./s1. The van der Waals surface area contributed by atoms with Crippen LogP contribution in [0.3, 0.4) is 0 Å². The van der Waals surface area contributed by atoms with Crippen LogP contribution in [-0.4, -0.2) is 24.0 Å². The molecule has 1 aliphatic carbocycles. The van der Waals surface area contributed by atoms with Crippen LogP contribution in [0.1, 0.15) is 40.0 Å². The SMILES string of the molecule is CC.CC1CC2C[C@@H](C1)N2C. The van der Waals surface area contributed by atoms with Crippen LogP contribution in [-0.2, 0) is 0 Å². The molecule has 1 nitrogen and oxygen atoms in total. The van der Waals surface area contributed by atoms with Crippen LogP contribution in [0.2, 0.25) is 0 Å². The Hall–Kier alpha value is -0.0400. The number of nitrogens with zero attached hydrogens (tertiary/aromatic N) is 1. The minimum atomic E-state index is 0.957. The van der Waals surface area contributed by atoms with E-state index in [-0.39, 0.29) is 0 Å². The minimum Gasteiger partial charge on any atom is -0.300 e. The fourth-order valence-electron chi connectivity index (χ4n) is 2.36. The molecule has 3 aliphatic rings. The summed E-state index contributed by atoms with van der Waals surface area (Å²) in [6.07, 6.45) is 4.39. The summed E-state index contributed by atoms with van der Waals surface area (Å²) in [6, 6.07) is 1.91. The fourth-order valence-corrected chi connectivity index (χ4v) is 2.36. The molecule has 0 amide bonds. The summed E-state index contributed by atoms with van der Waals surface area (Å²) in [5.74, 6) is 1.00. The van der Waals surface area contributed by atoms with E-state index in [9.17, 15) is 0 Å². The lowest BCUT2D eigenvalue weighted by molar-refractivity contribution is -0.0258. The molecule has 1 saturated carbocycles. The van der Waals surface area contributed by atoms with Gasteiger partial charge in [0.05, 0.1) is 0 Å². The first-order chi connectivity index (χ1) is 5.27. The van der Waals surface area contributed by atoms with Crippen molar-refractivity contribution in [1.82, 2.24) is 4.90 Å². The van der Waals surface area contributed by atoms with E-state index in [1.54, 1.807) is 0 Å². The predicted octanol–water partition coefficient (Wildman–Crippen LogP) is 2.52. The summed E-state index contributed by atoms with van der Waals surface area (Å²) in [5, 5.41) is 0. The van der Waals surface area contributed by atoms with Crippen molar-refractivity contribution in [2.24, 2.45) is 5.92 Å². The molecule has 3 rings (SSSR count). The molecule has 0 spiro atoms. The van der Waals surface area contributed by atoms with E-state index in [4.69, 9.17) is 0 Å². The van der Waals surface area contributed by atoms with Crippen molar-refractivity contribution in [1.29, 1.82) is 0 Å². The first kappa shape index (κ1) is 9.05. The van der Waals surface area contributed by atoms with Gasteiger partial charge < -0.3 is 4.90 Å². The van der Waals surface area contributed by atoms with Crippen molar-refractivity contribution in [3.8, 4) is 0 Å². The molecule has 0 radical (unpaired) electrons. The monoisotopic (exact) mass is 155 g/mol. The Labute approximate surface area is 70.8 Å². The van der Waals surface area contributed by atoms with Crippen molar-refractivity contribution in [3.63, 3.8) is 0 Å². The van der Waals surface area contributed by atoms with E-state index in [2.05, 4.69) is 18.9 Å². The second kappa shape index (κ2) is 3.57. The molecule has 2 bridgehead atoms. The highest BCUT2D eigenvalue weighted by Gasteiger charge is 2.40. The Morgan fingerprint density at radius 1 is 1.00 bits per heavy atom. The second-order valence-electron chi connectivity index (χ2n) is 3.79. The van der Waals surface area contributed by atoms with Gasteiger partial charge in [-0.1, -0.05) is 20.8 Å². The molecule has 11 heavy (non-hydrogen) atoms. The van der Waals surface area contributed by atoms with Crippen molar-refractivity contribution in [2.45, 2.75) is 52.1 Å². The number of hydrogen-bond donors (Lipinski definition) is 0. The summed E-state index contributed by atoms with van der Waals surface area (Å²) < 4.78 is 0. The van der Waals surface area contributed by atoms with Gasteiger partial charge in [-0.3, -0.25) is 0 Å². The van der Waals surface area contributed by atoms with Gasteiger partial charge in [0, 0.05) is 12.1 Å². The van der Waals surface area contributed by atoms with E-state index >= 15 is 0 Å². The van der Waals surface area contributed by atoms with Gasteiger partial charge in [0.25, 0.3) is 0 Å². The highest BCUT2D eigenvalue weighted by molar-refractivity contribution is 4.96. The van der Waals surface area contributed by atoms with Crippen LogP contribution >= 0.6 is 0 Å². The van der Waals surface area contributed by atoms with Crippen molar-refractivity contribution in [3.05, 3.63) is 0 Å². The molecule has 1 heteroatoms. The van der Waals surface area contributed by atoms with Gasteiger partial charge in [-0.25, -0.2) is 0 Å². The molecule has 3 atom stereocenters. The summed E-state index contributed by atoms with van der Waals surface area (Å²) in [7, 11) is 2.27. The highest BCUT2D eigenvalue weighted by atomic mass is 15.2. The number of piperidine rings is 1. The maximum absolute atomic E-state index is 2.54. The molecular weight excluding hydrogens is 134 g/mol. The topological polar surface area (TPSA) is 3.24 Å². The van der Waals surface area contributed by atoms with E-state index in [0.29, 0.717) is 0 Å². The van der Waals surface area contributed by atoms with Gasteiger partial charge in [0.2, 0.25) is 0 Å². The van der Waals surface area contributed by atoms with Crippen molar-refractivity contribution >= 4 is 0 Å². The Kier molecular flexibility index (Phi) is 2.94. The average molecular weight is 155 g/mol. The maximum atomic E-state index is 2.54. The summed E-state index contributed by atoms with van der Waals surface area (Å²) in [4.78, 5) is 2.54. The summed E-state index contributed by atoms with van der Waals surface area (Å²) in [6.45, 7) is 6.38. The molecule has 2 unspecified atom stereocenters. The molecule has 0 aromatic carbocycles. The first-order valence-corrected chi connectivity index (χ1v) is 4.99. The molecule has 3 fully saturated rings. The van der Waals surface area contributed by atoms with Crippen molar-refractivity contribution in [2.75, 3.05) is 7.05 Å². The maximum Gasteiger partial charge on any atom is 0.0113 e. The lowest BCUT2D eigenvalue weighted by atomic mass is 9.75. The van der Waals surface area contributed by atoms with Crippen LogP contribution < -0.4 is 0 Å². The van der Waals surface area contributed by atoms with E-state index in [0.717, 1.165) is 18.0 Å². The third-order valence-electron chi connectivity index (χ3n) is 3.04. The highest BCUT2D eigenvalue weighted by Crippen LogP contribution is 2.39. The lowest BCUT2D eigenvalue weighted by Gasteiger charge is -2.53. The van der Waals surface area contributed by atoms with Gasteiger partial charge in [0.1, 0.15) is 0 Å². The summed E-state index contributed by atoms with van der Waals surface area (Å²) >= 11 is 0. The zero-order chi connectivity index (χ0) is 8.43. The molecule has 0 N–H and O–H groups in total. The lowest BCUT2D eigenvalue weighted by Crippen LogP contribution is -2.58. The van der Waals surface area contributed by atoms with Gasteiger partial charge in [0.15, 0.2) is 0 Å². The quantitative estimate of drug-likeness (QED) is 0.519.